The van der Waals surface area contributed by atoms with Crippen LogP contribution in [0.15, 0.2) is 0 Å². The van der Waals surface area contributed by atoms with Gasteiger partial charge in [0, 0.05) is 13.1 Å². The Kier molecular flexibility index (Phi) is 5.70. The van der Waals surface area contributed by atoms with Gasteiger partial charge in [-0.25, -0.2) is 9.59 Å². The summed E-state index contributed by atoms with van der Waals surface area (Å²) >= 11 is 0. The highest BCUT2D eigenvalue weighted by molar-refractivity contribution is 5.70. The van der Waals surface area contributed by atoms with E-state index < -0.39 is 17.3 Å². The number of alkyl carbamates (subject to hydrolysis) is 1. The second kappa shape index (κ2) is 6.75. The van der Waals surface area contributed by atoms with Gasteiger partial charge in [-0.05, 0) is 53.9 Å². The summed E-state index contributed by atoms with van der Waals surface area (Å²) in [6.07, 6.45) is 0.0317. The van der Waals surface area contributed by atoms with Gasteiger partial charge < -0.3 is 19.7 Å². The predicted octanol–water partition coefficient (Wildman–Crippen LogP) is 3.16. The largest absolute Gasteiger partial charge is 0.444 e. The van der Waals surface area contributed by atoms with Crippen LogP contribution in [-0.4, -0.2) is 47.4 Å². The molecule has 0 bridgehead atoms. The number of rotatable bonds is 1. The molecule has 1 rings (SSSR count). The van der Waals surface area contributed by atoms with Crippen molar-refractivity contribution < 1.29 is 19.1 Å². The average molecular weight is 314 g/mol. The molecule has 0 aromatic rings. The number of nitrogens with zero attached hydrogens (tertiary/aromatic N) is 1. The first-order valence-electron chi connectivity index (χ1n) is 7.83. The Morgan fingerprint density at radius 3 is 2.05 bits per heavy atom. The first-order chi connectivity index (χ1) is 9.85. The third kappa shape index (κ3) is 7.00. The molecule has 0 radical (unpaired) electrons. The zero-order chi connectivity index (χ0) is 17.1. The van der Waals surface area contributed by atoms with Crippen LogP contribution < -0.4 is 5.32 Å². The molecular weight excluding hydrogens is 284 g/mol. The summed E-state index contributed by atoms with van der Waals surface area (Å²) in [5.41, 5.74) is -1.05. The van der Waals surface area contributed by atoms with Gasteiger partial charge in [-0.3, -0.25) is 0 Å². The molecule has 2 unspecified atom stereocenters. The fraction of sp³-hybridized carbons (Fsp3) is 0.875. The third-order valence-corrected chi connectivity index (χ3v) is 3.03. The number of hydrogen-bond donors (Lipinski definition) is 1. The van der Waals surface area contributed by atoms with Crippen molar-refractivity contribution in [2.45, 2.75) is 72.1 Å². The minimum atomic E-state index is -0.533. The minimum absolute atomic E-state index is 0.119. The van der Waals surface area contributed by atoms with Crippen molar-refractivity contribution in [2.24, 2.45) is 5.92 Å². The van der Waals surface area contributed by atoms with E-state index in [9.17, 15) is 9.59 Å². The Morgan fingerprint density at radius 2 is 1.55 bits per heavy atom. The van der Waals surface area contributed by atoms with Crippen LogP contribution >= 0.6 is 0 Å². The van der Waals surface area contributed by atoms with E-state index in [-0.39, 0.29) is 12.1 Å². The van der Waals surface area contributed by atoms with E-state index >= 15 is 0 Å². The van der Waals surface area contributed by atoms with Crippen LogP contribution in [0.25, 0.3) is 0 Å². The summed E-state index contributed by atoms with van der Waals surface area (Å²) in [6, 6.07) is -0.119. The molecule has 0 saturated carbocycles. The second-order valence-corrected chi connectivity index (χ2v) is 8.07. The highest BCUT2D eigenvalue weighted by Crippen LogP contribution is 2.20. The fourth-order valence-corrected chi connectivity index (χ4v) is 2.41. The van der Waals surface area contributed by atoms with E-state index in [1.165, 1.54) is 0 Å². The zero-order valence-corrected chi connectivity index (χ0v) is 14.9. The second-order valence-electron chi connectivity index (χ2n) is 8.07. The van der Waals surface area contributed by atoms with Gasteiger partial charge in [0.15, 0.2) is 0 Å². The Morgan fingerprint density at radius 1 is 1.00 bits per heavy atom. The van der Waals surface area contributed by atoms with Crippen LogP contribution in [0.3, 0.4) is 0 Å². The third-order valence-electron chi connectivity index (χ3n) is 3.03. The first kappa shape index (κ1) is 18.6. The van der Waals surface area contributed by atoms with E-state index in [1.807, 2.05) is 41.5 Å². The highest BCUT2D eigenvalue weighted by atomic mass is 16.6. The summed E-state index contributed by atoms with van der Waals surface area (Å²) in [5, 5.41) is 2.84. The van der Waals surface area contributed by atoms with Gasteiger partial charge in [-0.15, -0.1) is 0 Å². The van der Waals surface area contributed by atoms with Crippen molar-refractivity contribution in [3.05, 3.63) is 0 Å². The maximum absolute atomic E-state index is 12.2. The van der Waals surface area contributed by atoms with E-state index in [1.54, 1.807) is 4.90 Å². The van der Waals surface area contributed by atoms with Crippen LogP contribution in [0, 0.1) is 5.92 Å². The van der Waals surface area contributed by atoms with Gasteiger partial charge in [0.1, 0.15) is 11.2 Å². The molecule has 1 saturated heterocycles. The summed E-state index contributed by atoms with van der Waals surface area (Å²) in [7, 11) is 0. The van der Waals surface area contributed by atoms with Crippen LogP contribution in [-0.2, 0) is 9.47 Å². The van der Waals surface area contributed by atoms with Crippen molar-refractivity contribution in [1.29, 1.82) is 0 Å². The van der Waals surface area contributed by atoms with E-state index in [4.69, 9.17) is 9.47 Å². The molecule has 0 aromatic carbocycles. The van der Waals surface area contributed by atoms with Crippen molar-refractivity contribution in [2.75, 3.05) is 13.1 Å². The number of carbonyl (C=O) groups is 2. The monoisotopic (exact) mass is 314 g/mol. The fourth-order valence-electron chi connectivity index (χ4n) is 2.41. The number of ether oxygens (including phenoxy) is 2. The average Bonchev–Trinajstić information content (AvgIpc) is 2.22. The lowest BCUT2D eigenvalue weighted by atomic mass is 9.96. The molecule has 22 heavy (non-hydrogen) atoms. The molecule has 1 fully saturated rings. The number of piperidine rings is 1. The van der Waals surface area contributed by atoms with Crippen molar-refractivity contribution in [3.8, 4) is 0 Å². The molecule has 0 aromatic heterocycles. The molecule has 6 nitrogen and oxygen atoms in total. The zero-order valence-electron chi connectivity index (χ0n) is 14.9. The first-order valence-corrected chi connectivity index (χ1v) is 7.83. The maximum atomic E-state index is 12.2. The normalized spacial score (nSPS) is 23.0. The molecule has 0 spiro atoms. The van der Waals surface area contributed by atoms with Crippen molar-refractivity contribution in [3.63, 3.8) is 0 Å². The molecule has 1 N–H and O–H groups in total. The number of likely N-dealkylation sites (tertiary alicyclic amines) is 1. The molecule has 1 aliphatic heterocycles. The number of amides is 2. The van der Waals surface area contributed by atoms with Gasteiger partial charge in [-0.1, -0.05) is 6.92 Å². The van der Waals surface area contributed by atoms with E-state index in [0.29, 0.717) is 19.0 Å². The van der Waals surface area contributed by atoms with Gasteiger partial charge in [0.05, 0.1) is 6.04 Å². The van der Waals surface area contributed by atoms with Gasteiger partial charge in [-0.2, -0.15) is 0 Å². The Hall–Kier alpha value is -1.46. The van der Waals surface area contributed by atoms with Gasteiger partial charge in [0.25, 0.3) is 0 Å². The van der Waals surface area contributed by atoms with Crippen molar-refractivity contribution in [1.82, 2.24) is 10.2 Å². The molecular formula is C16H30N2O4. The van der Waals surface area contributed by atoms with Crippen LogP contribution in [0.4, 0.5) is 9.59 Å². The van der Waals surface area contributed by atoms with Crippen LogP contribution in [0.1, 0.15) is 54.9 Å². The lowest BCUT2D eigenvalue weighted by molar-refractivity contribution is 0.0110. The van der Waals surface area contributed by atoms with Crippen LogP contribution in [0.2, 0.25) is 0 Å². The summed E-state index contributed by atoms with van der Waals surface area (Å²) in [5.74, 6) is 0.293. The number of nitrogens with one attached hydrogen (secondary N) is 1. The summed E-state index contributed by atoms with van der Waals surface area (Å²) in [6.45, 7) is 14.1. The highest BCUT2D eigenvalue weighted by Gasteiger charge is 2.32. The topological polar surface area (TPSA) is 67.9 Å². The minimum Gasteiger partial charge on any atom is -0.444 e. The molecule has 1 aliphatic rings. The number of hydrogen-bond acceptors (Lipinski definition) is 4. The Labute approximate surface area is 133 Å². The lowest BCUT2D eigenvalue weighted by Gasteiger charge is -2.37. The molecule has 0 aliphatic carbocycles. The lowest BCUT2D eigenvalue weighted by Crippen LogP contribution is -2.53. The van der Waals surface area contributed by atoms with E-state index in [2.05, 4.69) is 12.2 Å². The molecule has 2 amide bonds. The Bertz CT molecular complexity index is 409. The molecule has 1 heterocycles. The quantitative estimate of drug-likeness (QED) is 0.807. The van der Waals surface area contributed by atoms with Gasteiger partial charge >= 0.3 is 12.2 Å². The summed E-state index contributed by atoms with van der Waals surface area (Å²) < 4.78 is 10.7. The smallest absolute Gasteiger partial charge is 0.410 e. The number of carbonyl (C=O) groups excluding carboxylic acids is 2. The molecule has 128 valence electrons. The van der Waals surface area contributed by atoms with Gasteiger partial charge in [0.2, 0.25) is 0 Å². The molecule has 6 heteroatoms. The predicted molar refractivity (Wildman–Crippen MR) is 84.7 cm³/mol. The maximum Gasteiger partial charge on any atom is 0.410 e. The standard InChI is InChI=1S/C16H30N2O4/c1-11-8-12(17-13(19)21-15(2,3)4)10-18(9-11)14(20)22-16(5,6)7/h11-12H,8-10H2,1-7H3,(H,17,19). The van der Waals surface area contributed by atoms with Crippen LogP contribution in [0.5, 0.6) is 0 Å². The van der Waals surface area contributed by atoms with Crippen molar-refractivity contribution >= 4 is 12.2 Å². The Balaban J connectivity index is 2.60. The summed E-state index contributed by atoms with van der Waals surface area (Å²) in [4.78, 5) is 25.7. The van der Waals surface area contributed by atoms with E-state index in [0.717, 1.165) is 6.42 Å². The molecule has 2 atom stereocenters. The SMILES string of the molecule is CC1CC(NC(=O)OC(C)(C)C)CN(C(=O)OC(C)(C)C)C1.